The summed E-state index contributed by atoms with van der Waals surface area (Å²) in [7, 11) is 1.55. The lowest BCUT2D eigenvalue weighted by atomic mass is 9.93. The number of nitrogens with one attached hydrogen (secondary N) is 2. The molecule has 8 heteroatoms. The summed E-state index contributed by atoms with van der Waals surface area (Å²) in [5, 5.41) is 7.26. The molecule has 1 aliphatic carbocycles. The average Bonchev–Trinajstić information content (AvgIpc) is 3.21. The number of carbonyl (C=O) groups excluding carboxylic acids is 2. The molecule has 0 aliphatic heterocycles. The highest BCUT2D eigenvalue weighted by Crippen LogP contribution is 2.31. The molecular formula is C26H27N3O5. The molecule has 2 amide bonds. The molecule has 34 heavy (non-hydrogen) atoms. The van der Waals surface area contributed by atoms with Crippen LogP contribution in [-0.4, -0.2) is 31.2 Å². The molecular weight excluding hydrogens is 434 g/mol. The predicted molar refractivity (Wildman–Crippen MR) is 129 cm³/mol. The van der Waals surface area contributed by atoms with Gasteiger partial charge in [0.1, 0.15) is 17.3 Å². The number of rotatable bonds is 7. The fourth-order valence-electron chi connectivity index (χ4n) is 3.97. The van der Waals surface area contributed by atoms with E-state index in [1.807, 2.05) is 26.0 Å². The van der Waals surface area contributed by atoms with Crippen molar-refractivity contribution in [2.75, 3.05) is 19.0 Å². The zero-order chi connectivity index (χ0) is 24.1. The van der Waals surface area contributed by atoms with Gasteiger partial charge in [-0.1, -0.05) is 18.2 Å². The van der Waals surface area contributed by atoms with Gasteiger partial charge in [0.2, 0.25) is 0 Å². The van der Waals surface area contributed by atoms with Crippen molar-refractivity contribution in [2.45, 2.75) is 33.1 Å². The summed E-state index contributed by atoms with van der Waals surface area (Å²) in [6.45, 7) is 4.20. The van der Waals surface area contributed by atoms with E-state index < -0.39 is 0 Å². The number of hydrogen-bond acceptors (Lipinski definition) is 6. The Kier molecular flexibility index (Phi) is 6.96. The minimum atomic E-state index is -0.362. The van der Waals surface area contributed by atoms with Crippen LogP contribution in [0.2, 0.25) is 0 Å². The van der Waals surface area contributed by atoms with Crippen molar-refractivity contribution >= 4 is 23.2 Å². The van der Waals surface area contributed by atoms with Gasteiger partial charge in [-0.2, -0.15) is 5.10 Å². The van der Waals surface area contributed by atoms with Crippen molar-refractivity contribution in [2.24, 2.45) is 5.10 Å². The van der Waals surface area contributed by atoms with Crippen LogP contribution >= 0.6 is 0 Å². The zero-order valence-corrected chi connectivity index (χ0v) is 19.4. The van der Waals surface area contributed by atoms with Crippen molar-refractivity contribution in [3.05, 3.63) is 76.7 Å². The summed E-state index contributed by atoms with van der Waals surface area (Å²) in [6.07, 6.45) is 2.17. The van der Waals surface area contributed by atoms with Crippen LogP contribution in [0, 0.1) is 6.92 Å². The van der Waals surface area contributed by atoms with Crippen LogP contribution in [0.4, 0.5) is 5.69 Å². The number of fused-ring (bicyclic) bond motifs is 1. The summed E-state index contributed by atoms with van der Waals surface area (Å²) >= 11 is 0. The van der Waals surface area contributed by atoms with E-state index in [1.165, 1.54) is 0 Å². The Morgan fingerprint density at radius 2 is 1.91 bits per heavy atom. The fraction of sp³-hybridized carbons (Fsp3) is 0.269. The number of amides is 2. The number of ether oxygens (including phenoxy) is 2. The van der Waals surface area contributed by atoms with Gasteiger partial charge in [0.05, 0.1) is 25.1 Å². The van der Waals surface area contributed by atoms with Gasteiger partial charge in [-0.05, 0) is 57.0 Å². The summed E-state index contributed by atoms with van der Waals surface area (Å²) in [4.78, 5) is 25.6. The second kappa shape index (κ2) is 10.2. The Morgan fingerprint density at radius 1 is 1.09 bits per heavy atom. The molecule has 1 aromatic heterocycles. The van der Waals surface area contributed by atoms with Crippen LogP contribution in [0.3, 0.4) is 0 Å². The lowest BCUT2D eigenvalue weighted by molar-refractivity contribution is 0.0953. The first-order valence-corrected chi connectivity index (χ1v) is 11.2. The highest BCUT2D eigenvalue weighted by atomic mass is 16.5. The molecule has 0 radical (unpaired) electrons. The minimum Gasteiger partial charge on any atom is -0.497 e. The molecule has 0 spiro atoms. The number of aryl methyl sites for hydroxylation is 1. The van der Waals surface area contributed by atoms with Crippen molar-refractivity contribution in [3.63, 3.8) is 0 Å². The molecule has 0 saturated heterocycles. The SMILES string of the molecule is CCOc1ccccc1NC(=O)c1oc2c(c1C)/C(=N/NC(=O)c1cccc(OC)c1)CCC2. The van der Waals surface area contributed by atoms with Crippen LogP contribution in [0.25, 0.3) is 0 Å². The number of para-hydroxylation sites is 2. The second-order valence-electron chi connectivity index (χ2n) is 7.82. The number of furan rings is 1. The maximum Gasteiger partial charge on any atom is 0.291 e. The molecule has 176 valence electrons. The van der Waals surface area contributed by atoms with Gasteiger partial charge in [0.15, 0.2) is 5.76 Å². The van der Waals surface area contributed by atoms with Crippen LogP contribution in [0.15, 0.2) is 58.0 Å². The van der Waals surface area contributed by atoms with Gasteiger partial charge in [0, 0.05) is 23.1 Å². The number of anilines is 1. The van der Waals surface area contributed by atoms with Gasteiger partial charge >= 0.3 is 0 Å². The third kappa shape index (κ3) is 4.80. The molecule has 0 atom stereocenters. The van der Waals surface area contributed by atoms with E-state index in [9.17, 15) is 9.59 Å². The third-order valence-electron chi connectivity index (χ3n) is 5.59. The minimum absolute atomic E-state index is 0.227. The van der Waals surface area contributed by atoms with E-state index in [2.05, 4.69) is 15.8 Å². The lowest BCUT2D eigenvalue weighted by Crippen LogP contribution is -2.22. The van der Waals surface area contributed by atoms with Crippen LogP contribution < -0.4 is 20.2 Å². The molecule has 0 saturated carbocycles. The summed E-state index contributed by atoms with van der Waals surface area (Å²) in [5.74, 6) is 1.40. The van der Waals surface area contributed by atoms with Gasteiger partial charge in [-0.25, -0.2) is 5.43 Å². The number of methoxy groups -OCH3 is 1. The number of benzene rings is 2. The Hall–Kier alpha value is -4.07. The maximum atomic E-state index is 13.0. The van der Waals surface area contributed by atoms with E-state index in [0.717, 1.165) is 12.0 Å². The number of hydrogen-bond donors (Lipinski definition) is 2. The number of carbonyl (C=O) groups is 2. The Balaban J connectivity index is 1.56. The second-order valence-corrected chi connectivity index (χ2v) is 7.82. The highest BCUT2D eigenvalue weighted by molar-refractivity contribution is 6.10. The fourth-order valence-corrected chi connectivity index (χ4v) is 3.97. The quantitative estimate of drug-likeness (QED) is 0.496. The molecule has 2 N–H and O–H groups in total. The van der Waals surface area contributed by atoms with Gasteiger partial charge in [-0.3, -0.25) is 9.59 Å². The van der Waals surface area contributed by atoms with Gasteiger partial charge in [-0.15, -0.1) is 0 Å². The van der Waals surface area contributed by atoms with Crippen molar-refractivity contribution in [1.82, 2.24) is 5.43 Å². The molecule has 0 fully saturated rings. The van der Waals surface area contributed by atoms with E-state index in [-0.39, 0.29) is 17.6 Å². The monoisotopic (exact) mass is 461 g/mol. The highest BCUT2D eigenvalue weighted by Gasteiger charge is 2.28. The van der Waals surface area contributed by atoms with Crippen LogP contribution in [0.5, 0.6) is 11.5 Å². The summed E-state index contributed by atoms with van der Waals surface area (Å²) < 4.78 is 16.7. The third-order valence-corrected chi connectivity index (χ3v) is 5.59. The van der Waals surface area contributed by atoms with Crippen molar-refractivity contribution < 1.29 is 23.5 Å². The zero-order valence-electron chi connectivity index (χ0n) is 19.4. The molecule has 2 aromatic carbocycles. The van der Waals surface area contributed by atoms with Crippen molar-refractivity contribution in [3.8, 4) is 11.5 Å². The Bertz CT molecular complexity index is 1240. The predicted octanol–water partition coefficient (Wildman–Crippen LogP) is 4.72. The largest absolute Gasteiger partial charge is 0.497 e. The Morgan fingerprint density at radius 3 is 2.71 bits per heavy atom. The first-order valence-electron chi connectivity index (χ1n) is 11.2. The number of nitrogens with zero attached hydrogens (tertiary/aromatic N) is 1. The molecule has 0 bridgehead atoms. The summed E-state index contributed by atoms with van der Waals surface area (Å²) in [5.41, 5.74) is 5.79. The smallest absolute Gasteiger partial charge is 0.291 e. The van der Waals surface area contributed by atoms with Gasteiger partial charge in [0.25, 0.3) is 11.8 Å². The molecule has 1 heterocycles. The first kappa shape index (κ1) is 23.1. The average molecular weight is 462 g/mol. The molecule has 4 rings (SSSR count). The lowest BCUT2D eigenvalue weighted by Gasteiger charge is -2.13. The van der Waals surface area contributed by atoms with Crippen molar-refractivity contribution in [1.29, 1.82) is 0 Å². The number of hydrazone groups is 1. The molecule has 1 aliphatic rings. The Labute approximate surface area is 197 Å². The van der Waals surface area contributed by atoms with E-state index in [1.54, 1.807) is 43.5 Å². The molecule has 8 nitrogen and oxygen atoms in total. The van der Waals surface area contributed by atoms with Crippen LogP contribution in [0.1, 0.15) is 57.6 Å². The summed E-state index contributed by atoms with van der Waals surface area (Å²) in [6, 6.07) is 14.1. The molecule has 0 unspecified atom stereocenters. The van der Waals surface area contributed by atoms with E-state index >= 15 is 0 Å². The van der Waals surface area contributed by atoms with Gasteiger partial charge < -0.3 is 19.2 Å². The van der Waals surface area contributed by atoms with Crippen LogP contribution in [-0.2, 0) is 6.42 Å². The van der Waals surface area contributed by atoms with E-state index in [4.69, 9.17) is 13.9 Å². The van der Waals surface area contributed by atoms with E-state index in [0.29, 0.717) is 59.2 Å². The molecule has 3 aromatic rings. The topological polar surface area (TPSA) is 102 Å². The standard InChI is InChI=1S/C26H27N3O5/c1-4-33-21-13-6-5-11-19(21)27-26(31)24-16(2)23-20(12-8-14-22(23)34-24)28-29-25(30)17-9-7-10-18(15-17)32-3/h5-7,9-11,13,15H,4,8,12,14H2,1-3H3,(H,27,31)(H,29,30)/b28-20+. The normalized spacial score (nSPS) is 13.8. The maximum absolute atomic E-state index is 13.0. The first-order chi connectivity index (χ1) is 16.5.